The number of nitrogens with zero attached hydrogens (tertiary/aromatic N) is 3. The minimum absolute atomic E-state index is 0.0997. The molecule has 0 bridgehead atoms. The fourth-order valence-corrected chi connectivity index (χ4v) is 4.37. The van der Waals surface area contributed by atoms with Crippen molar-refractivity contribution < 1.29 is 14.2 Å². The van der Waals surface area contributed by atoms with Gasteiger partial charge in [-0.1, -0.05) is 6.07 Å². The van der Waals surface area contributed by atoms with Gasteiger partial charge >= 0.3 is 0 Å². The molecule has 3 heterocycles. The van der Waals surface area contributed by atoms with Gasteiger partial charge in [0.1, 0.15) is 6.10 Å². The topological polar surface area (TPSA) is 105 Å². The average Bonchev–Trinajstić information content (AvgIpc) is 3.32. The van der Waals surface area contributed by atoms with Gasteiger partial charge in [-0.2, -0.15) is 5.26 Å². The smallest absolute Gasteiger partial charge is 0.233 e. The lowest BCUT2D eigenvalue weighted by Gasteiger charge is -2.23. The molecular formula is C26H25N5O3. The van der Waals surface area contributed by atoms with Crippen molar-refractivity contribution in [1.82, 2.24) is 20.3 Å². The second-order valence-electron chi connectivity index (χ2n) is 8.16. The summed E-state index contributed by atoms with van der Waals surface area (Å²) >= 11 is 0. The Kier molecular flexibility index (Phi) is 6.02. The molecule has 1 fully saturated rings. The van der Waals surface area contributed by atoms with Crippen molar-refractivity contribution >= 4 is 10.9 Å². The van der Waals surface area contributed by atoms with Crippen LogP contribution in [0.5, 0.6) is 17.4 Å². The number of piperidine rings is 1. The van der Waals surface area contributed by atoms with E-state index in [0.29, 0.717) is 22.9 Å². The second kappa shape index (κ2) is 9.41. The number of H-pyrrole nitrogens is 1. The highest BCUT2D eigenvalue weighted by molar-refractivity contribution is 5.97. The molecule has 0 radical (unpaired) electrons. The van der Waals surface area contributed by atoms with Crippen molar-refractivity contribution in [3.63, 3.8) is 0 Å². The van der Waals surface area contributed by atoms with E-state index in [-0.39, 0.29) is 6.10 Å². The van der Waals surface area contributed by atoms with Crippen LogP contribution in [-0.2, 0) is 0 Å². The zero-order valence-corrected chi connectivity index (χ0v) is 19.1. The van der Waals surface area contributed by atoms with Gasteiger partial charge in [0.2, 0.25) is 5.88 Å². The molecule has 0 amide bonds. The van der Waals surface area contributed by atoms with E-state index >= 15 is 0 Å². The molecule has 1 unspecified atom stereocenters. The number of aromatic amines is 1. The fourth-order valence-electron chi connectivity index (χ4n) is 4.37. The highest BCUT2D eigenvalue weighted by atomic mass is 16.5. The summed E-state index contributed by atoms with van der Waals surface area (Å²) in [7, 11) is 3.16. The van der Waals surface area contributed by atoms with Gasteiger partial charge in [0.15, 0.2) is 11.5 Å². The van der Waals surface area contributed by atoms with Crippen molar-refractivity contribution in [3.05, 3.63) is 54.5 Å². The predicted octanol–water partition coefficient (Wildman–Crippen LogP) is 4.31. The molecule has 0 saturated carbocycles. The third-order valence-corrected chi connectivity index (χ3v) is 6.03. The normalized spacial score (nSPS) is 15.6. The van der Waals surface area contributed by atoms with Gasteiger partial charge in [0, 0.05) is 40.8 Å². The van der Waals surface area contributed by atoms with Gasteiger partial charge < -0.3 is 24.5 Å². The maximum Gasteiger partial charge on any atom is 0.233 e. The Morgan fingerprint density at radius 1 is 1.09 bits per heavy atom. The number of hydrogen-bond acceptors (Lipinski definition) is 7. The van der Waals surface area contributed by atoms with Gasteiger partial charge in [0.05, 0.1) is 43.9 Å². The maximum atomic E-state index is 9.49. The summed E-state index contributed by atoms with van der Waals surface area (Å²) in [6, 6.07) is 11.7. The Labute approximate surface area is 197 Å². The van der Waals surface area contributed by atoms with Gasteiger partial charge in [0.25, 0.3) is 0 Å². The molecule has 0 aliphatic carbocycles. The first-order chi connectivity index (χ1) is 16.7. The van der Waals surface area contributed by atoms with Crippen LogP contribution in [-0.4, -0.2) is 48.4 Å². The summed E-state index contributed by atoms with van der Waals surface area (Å²) in [5.74, 6) is 1.61. The molecular weight excluding hydrogens is 430 g/mol. The molecule has 8 heteroatoms. The molecule has 5 rings (SSSR count). The number of rotatable bonds is 6. The Balaban J connectivity index is 1.55. The first-order valence-corrected chi connectivity index (χ1v) is 11.2. The average molecular weight is 456 g/mol. The Morgan fingerprint density at radius 3 is 2.76 bits per heavy atom. The van der Waals surface area contributed by atoms with Crippen LogP contribution in [0.15, 0.2) is 48.9 Å². The first kappa shape index (κ1) is 21.7. The fraction of sp³-hybridized carbons (Fsp3) is 0.269. The van der Waals surface area contributed by atoms with E-state index < -0.39 is 0 Å². The van der Waals surface area contributed by atoms with E-state index in [1.54, 1.807) is 38.7 Å². The first-order valence-electron chi connectivity index (χ1n) is 11.2. The van der Waals surface area contributed by atoms with E-state index in [1.807, 2.05) is 18.3 Å². The summed E-state index contributed by atoms with van der Waals surface area (Å²) in [5.41, 5.74) is 4.77. The van der Waals surface area contributed by atoms with Crippen LogP contribution >= 0.6 is 0 Å². The van der Waals surface area contributed by atoms with Crippen LogP contribution in [0.25, 0.3) is 33.3 Å². The van der Waals surface area contributed by atoms with Gasteiger partial charge in [-0.3, -0.25) is 4.98 Å². The highest BCUT2D eigenvalue weighted by Gasteiger charge is 2.18. The molecule has 1 saturated heterocycles. The number of nitrogens with one attached hydrogen (secondary N) is 2. The Hall–Kier alpha value is -4.09. The third kappa shape index (κ3) is 4.14. The second-order valence-corrected chi connectivity index (χ2v) is 8.16. The lowest BCUT2D eigenvalue weighted by Crippen LogP contribution is -2.37. The van der Waals surface area contributed by atoms with Crippen LogP contribution in [0.4, 0.5) is 0 Å². The SMILES string of the molecule is COc1cc(C#N)cc(-c2ccc3[nH]cc(-c4cncc(OC5CCCNC5)n4)c3c2)c1OC. The maximum absolute atomic E-state index is 9.49. The van der Waals surface area contributed by atoms with E-state index in [9.17, 15) is 5.26 Å². The number of benzene rings is 2. The summed E-state index contributed by atoms with van der Waals surface area (Å²) in [6.07, 6.45) is 7.51. The molecule has 2 N–H and O–H groups in total. The molecule has 1 aliphatic rings. The van der Waals surface area contributed by atoms with E-state index in [4.69, 9.17) is 19.2 Å². The summed E-state index contributed by atoms with van der Waals surface area (Å²) < 4.78 is 17.2. The van der Waals surface area contributed by atoms with E-state index in [1.165, 1.54) is 0 Å². The van der Waals surface area contributed by atoms with Crippen molar-refractivity contribution in [2.45, 2.75) is 18.9 Å². The van der Waals surface area contributed by atoms with Crippen LogP contribution in [0.3, 0.4) is 0 Å². The number of nitriles is 1. The Morgan fingerprint density at radius 2 is 2.00 bits per heavy atom. The molecule has 2 aromatic heterocycles. The van der Waals surface area contributed by atoms with Crippen LogP contribution in [0, 0.1) is 11.3 Å². The molecule has 172 valence electrons. The zero-order chi connectivity index (χ0) is 23.5. The molecule has 8 nitrogen and oxygen atoms in total. The van der Waals surface area contributed by atoms with Crippen LogP contribution in [0.1, 0.15) is 18.4 Å². The van der Waals surface area contributed by atoms with E-state index in [2.05, 4.69) is 27.4 Å². The lowest BCUT2D eigenvalue weighted by molar-refractivity contribution is 0.160. The van der Waals surface area contributed by atoms with Crippen molar-refractivity contribution in [2.75, 3.05) is 27.3 Å². The monoisotopic (exact) mass is 455 g/mol. The number of hydrogen-bond donors (Lipinski definition) is 2. The quantitative estimate of drug-likeness (QED) is 0.446. The van der Waals surface area contributed by atoms with Gasteiger partial charge in [-0.05, 0) is 43.1 Å². The number of fused-ring (bicyclic) bond motifs is 1. The zero-order valence-electron chi connectivity index (χ0n) is 19.1. The minimum Gasteiger partial charge on any atom is -0.493 e. The molecule has 1 atom stereocenters. The third-order valence-electron chi connectivity index (χ3n) is 6.03. The van der Waals surface area contributed by atoms with Gasteiger partial charge in [-0.25, -0.2) is 4.98 Å². The predicted molar refractivity (Wildman–Crippen MR) is 129 cm³/mol. The molecule has 34 heavy (non-hydrogen) atoms. The number of ether oxygens (including phenoxy) is 3. The summed E-state index contributed by atoms with van der Waals surface area (Å²) in [6.45, 7) is 1.84. The van der Waals surface area contributed by atoms with Crippen LogP contribution < -0.4 is 19.5 Å². The molecule has 0 spiro atoms. The highest BCUT2D eigenvalue weighted by Crippen LogP contribution is 2.41. The molecule has 1 aliphatic heterocycles. The summed E-state index contributed by atoms with van der Waals surface area (Å²) in [5, 5.41) is 13.8. The van der Waals surface area contributed by atoms with Crippen molar-refractivity contribution in [3.8, 4) is 45.8 Å². The standard InChI is InChI=1S/C26H25N5O3/c1-32-24-9-16(11-27)8-19(26(24)33-2)17-5-6-22-20(10-17)21(13-30-22)23-14-29-15-25(31-23)34-18-4-3-7-28-12-18/h5-6,8-10,13-15,18,28,30H,3-4,7,12H2,1-2H3. The van der Waals surface area contributed by atoms with Crippen molar-refractivity contribution in [2.24, 2.45) is 0 Å². The number of methoxy groups -OCH3 is 2. The molecule has 2 aromatic carbocycles. The lowest BCUT2D eigenvalue weighted by atomic mass is 9.99. The van der Waals surface area contributed by atoms with Crippen molar-refractivity contribution in [1.29, 1.82) is 5.26 Å². The van der Waals surface area contributed by atoms with Crippen LogP contribution in [0.2, 0.25) is 0 Å². The van der Waals surface area contributed by atoms with E-state index in [0.717, 1.165) is 59.2 Å². The van der Waals surface area contributed by atoms with Gasteiger partial charge in [-0.15, -0.1) is 0 Å². The minimum atomic E-state index is 0.0997. The largest absolute Gasteiger partial charge is 0.493 e. The number of aromatic nitrogens is 3. The Bertz CT molecular complexity index is 1370. The summed E-state index contributed by atoms with van der Waals surface area (Å²) in [4.78, 5) is 12.4. The molecule has 4 aromatic rings.